The van der Waals surface area contributed by atoms with Crippen molar-refractivity contribution in [3.63, 3.8) is 0 Å². The van der Waals surface area contributed by atoms with E-state index in [0.717, 1.165) is 11.3 Å². The number of hydrogen-bond donors (Lipinski definition) is 2. The SMILES string of the molecule is CNC(CCC(=O)OC)C(=O)c1ccc2c(c1)CC(=O)N2. The highest BCUT2D eigenvalue weighted by atomic mass is 16.5. The van der Waals surface area contributed by atoms with E-state index in [0.29, 0.717) is 18.4 Å². The number of esters is 1. The minimum atomic E-state index is -0.452. The Labute approximate surface area is 122 Å². The molecule has 6 nitrogen and oxygen atoms in total. The second-order valence-corrected chi connectivity index (χ2v) is 4.92. The molecule has 0 bridgehead atoms. The highest BCUT2D eigenvalue weighted by Crippen LogP contribution is 2.24. The normalized spacial score (nSPS) is 14.3. The van der Waals surface area contributed by atoms with Crippen molar-refractivity contribution in [2.24, 2.45) is 0 Å². The number of ether oxygens (including phenoxy) is 1. The van der Waals surface area contributed by atoms with Crippen molar-refractivity contribution in [3.05, 3.63) is 29.3 Å². The van der Waals surface area contributed by atoms with E-state index in [4.69, 9.17) is 0 Å². The molecule has 1 heterocycles. The van der Waals surface area contributed by atoms with Crippen LogP contribution in [0.25, 0.3) is 0 Å². The van der Waals surface area contributed by atoms with Crippen molar-refractivity contribution >= 4 is 23.3 Å². The fourth-order valence-electron chi connectivity index (χ4n) is 2.35. The van der Waals surface area contributed by atoms with Gasteiger partial charge in [0.2, 0.25) is 5.91 Å². The summed E-state index contributed by atoms with van der Waals surface area (Å²) in [5, 5.41) is 5.64. The Kier molecular flexibility index (Phi) is 4.70. The molecule has 0 saturated carbocycles. The first-order valence-electron chi connectivity index (χ1n) is 6.76. The maximum Gasteiger partial charge on any atom is 0.305 e. The number of anilines is 1. The number of nitrogens with one attached hydrogen (secondary N) is 2. The molecule has 1 unspecified atom stereocenters. The Bertz CT molecular complexity index is 583. The van der Waals surface area contributed by atoms with Crippen LogP contribution in [-0.2, 0) is 20.7 Å². The highest BCUT2D eigenvalue weighted by Gasteiger charge is 2.23. The number of ketones is 1. The summed E-state index contributed by atoms with van der Waals surface area (Å²) >= 11 is 0. The van der Waals surface area contributed by atoms with Crippen LogP contribution in [0.2, 0.25) is 0 Å². The van der Waals surface area contributed by atoms with Crippen molar-refractivity contribution in [3.8, 4) is 0 Å². The van der Waals surface area contributed by atoms with E-state index in [1.54, 1.807) is 25.2 Å². The number of carbonyl (C=O) groups is 3. The lowest BCUT2D eigenvalue weighted by Gasteiger charge is -2.15. The predicted octanol–water partition coefficient (Wildman–Crippen LogP) is 0.905. The van der Waals surface area contributed by atoms with E-state index in [2.05, 4.69) is 15.4 Å². The fraction of sp³-hybridized carbons (Fsp3) is 0.400. The Hall–Kier alpha value is -2.21. The number of fused-ring (bicyclic) bond motifs is 1. The summed E-state index contributed by atoms with van der Waals surface area (Å²) < 4.78 is 4.58. The summed E-state index contributed by atoms with van der Waals surface area (Å²) in [5.41, 5.74) is 2.12. The molecule has 1 amide bonds. The monoisotopic (exact) mass is 290 g/mol. The van der Waals surface area contributed by atoms with Crippen LogP contribution in [0.1, 0.15) is 28.8 Å². The van der Waals surface area contributed by atoms with Crippen LogP contribution < -0.4 is 10.6 Å². The maximum absolute atomic E-state index is 12.4. The molecule has 2 N–H and O–H groups in total. The summed E-state index contributed by atoms with van der Waals surface area (Å²) in [7, 11) is 3.00. The average molecular weight is 290 g/mol. The number of carbonyl (C=O) groups excluding carboxylic acids is 3. The molecule has 0 aliphatic carbocycles. The third kappa shape index (κ3) is 3.46. The van der Waals surface area contributed by atoms with Crippen molar-refractivity contribution in [2.75, 3.05) is 19.5 Å². The number of hydrogen-bond acceptors (Lipinski definition) is 5. The minimum absolute atomic E-state index is 0.0644. The minimum Gasteiger partial charge on any atom is -0.469 e. The third-order valence-electron chi connectivity index (χ3n) is 3.54. The van der Waals surface area contributed by atoms with E-state index in [-0.39, 0.29) is 24.1 Å². The molecule has 0 spiro atoms. The lowest BCUT2D eigenvalue weighted by molar-refractivity contribution is -0.140. The number of amides is 1. The van der Waals surface area contributed by atoms with Crippen LogP contribution in [0.4, 0.5) is 5.69 Å². The summed E-state index contributed by atoms with van der Waals surface area (Å²) in [6.45, 7) is 0. The molecular weight excluding hydrogens is 272 g/mol. The van der Waals surface area contributed by atoms with Gasteiger partial charge in [0.1, 0.15) is 0 Å². The number of methoxy groups -OCH3 is 1. The van der Waals surface area contributed by atoms with Gasteiger partial charge in [0, 0.05) is 17.7 Å². The fourth-order valence-corrected chi connectivity index (χ4v) is 2.35. The summed E-state index contributed by atoms with van der Waals surface area (Å²) in [6.07, 6.45) is 0.845. The standard InChI is InChI=1S/C15H18N2O4/c1-16-12(5-6-14(19)21-2)15(20)9-3-4-11-10(7-9)8-13(18)17-11/h3-4,7,12,16H,5-6,8H2,1-2H3,(H,17,18). The van der Waals surface area contributed by atoms with Crippen LogP contribution in [0.15, 0.2) is 18.2 Å². The molecule has 1 aliphatic heterocycles. The summed E-state index contributed by atoms with van der Waals surface area (Å²) in [6, 6.07) is 4.71. The second kappa shape index (κ2) is 6.49. The first-order valence-corrected chi connectivity index (χ1v) is 6.76. The quantitative estimate of drug-likeness (QED) is 0.601. The molecule has 21 heavy (non-hydrogen) atoms. The maximum atomic E-state index is 12.4. The van der Waals surface area contributed by atoms with Gasteiger partial charge in [0.25, 0.3) is 0 Å². The number of Topliss-reactive ketones (excluding diaryl/α,β-unsaturated/α-hetero) is 1. The Morgan fingerprint density at radius 3 is 2.86 bits per heavy atom. The first-order chi connectivity index (χ1) is 10.0. The number of likely N-dealkylation sites (N-methyl/N-ethyl adjacent to an activating group) is 1. The Morgan fingerprint density at radius 1 is 1.43 bits per heavy atom. The third-order valence-corrected chi connectivity index (χ3v) is 3.54. The van der Waals surface area contributed by atoms with Crippen molar-refractivity contribution < 1.29 is 19.1 Å². The lowest BCUT2D eigenvalue weighted by Crippen LogP contribution is -2.34. The van der Waals surface area contributed by atoms with Gasteiger partial charge in [-0.1, -0.05) is 0 Å². The van der Waals surface area contributed by atoms with E-state index >= 15 is 0 Å². The molecule has 0 aromatic heterocycles. The van der Waals surface area contributed by atoms with E-state index in [9.17, 15) is 14.4 Å². The topological polar surface area (TPSA) is 84.5 Å². The van der Waals surface area contributed by atoms with Gasteiger partial charge in [-0.2, -0.15) is 0 Å². The molecule has 1 aliphatic rings. The van der Waals surface area contributed by atoms with Gasteiger partial charge in [0.15, 0.2) is 5.78 Å². The van der Waals surface area contributed by atoms with Gasteiger partial charge in [-0.05, 0) is 37.2 Å². The van der Waals surface area contributed by atoms with E-state index in [1.165, 1.54) is 7.11 Å². The van der Waals surface area contributed by atoms with Gasteiger partial charge < -0.3 is 15.4 Å². The van der Waals surface area contributed by atoms with Crippen LogP contribution >= 0.6 is 0 Å². The summed E-state index contributed by atoms with van der Waals surface area (Å²) in [5.74, 6) is -0.499. The van der Waals surface area contributed by atoms with Crippen molar-refractivity contribution in [2.45, 2.75) is 25.3 Å². The Morgan fingerprint density at radius 2 is 2.19 bits per heavy atom. The lowest BCUT2D eigenvalue weighted by atomic mass is 9.98. The number of rotatable bonds is 6. The molecule has 1 aromatic rings. The molecule has 2 rings (SSSR count). The zero-order chi connectivity index (χ0) is 15.4. The highest BCUT2D eigenvalue weighted by molar-refractivity contribution is 6.04. The van der Waals surface area contributed by atoms with Crippen molar-refractivity contribution in [1.29, 1.82) is 0 Å². The molecule has 112 valence electrons. The van der Waals surface area contributed by atoms with Crippen LogP contribution in [0, 0.1) is 0 Å². The molecule has 1 atom stereocenters. The largest absolute Gasteiger partial charge is 0.469 e. The number of benzene rings is 1. The van der Waals surface area contributed by atoms with Gasteiger partial charge in [-0.25, -0.2) is 0 Å². The van der Waals surface area contributed by atoms with Gasteiger partial charge in [0.05, 0.1) is 19.6 Å². The van der Waals surface area contributed by atoms with Crippen LogP contribution in [0.5, 0.6) is 0 Å². The first kappa shape index (κ1) is 15.2. The Balaban J connectivity index is 2.09. The van der Waals surface area contributed by atoms with Crippen molar-refractivity contribution in [1.82, 2.24) is 5.32 Å². The molecular formula is C15H18N2O4. The van der Waals surface area contributed by atoms with Gasteiger partial charge >= 0.3 is 5.97 Å². The van der Waals surface area contributed by atoms with E-state index < -0.39 is 6.04 Å². The average Bonchev–Trinajstić information content (AvgIpc) is 2.86. The molecule has 0 saturated heterocycles. The zero-order valence-corrected chi connectivity index (χ0v) is 12.1. The summed E-state index contributed by atoms with van der Waals surface area (Å²) in [4.78, 5) is 34.9. The molecule has 0 fully saturated rings. The van der Waals surface area contributed by atoms with Crippen LogP contribution in [0.3, 0.4) is 0 Å². The molecule has 6 heteroatoms. The van der Waals surface area contributed by atoms with E-state index in [1.807, 2.05) is 0 Å². The predicted molar refractivity (Wildman–Crippen MR) is 77.2 cm³/mol. The van der Waals surface area contributed by atoms with Gasteiger partial charge in [-0.15, -0.1) is 0 Å². The zero-order valence-electron chi connectivity index (χ0n) is 12.1. The second-order valence-electron chi connectivity index (χ2n) is 4.92. The smallest absolute Gasteiger partial charge is 0.305 e. The molecule has 0 radical (unpaired) electrons. The van der Waals surface area contributed by atoms with Crippen LogP contribution in [-0.4, -0.2) is 37.9 Å². The molecule has 1 aromatic carbocycles. The van der Waals surface area contributed by atoms with Gasteiger partial charge in [-0.3, -0.25) is 14.4 Å².